The maximum atomic E-state index is 12.2. The summed E-state index contributed by atoms with van der Waals surface area (Å²) in [6, 6.07) is 1.90. The van der Waals surface area contributed by atoms with Crippen LogP contribution in [0.25, 0.3) is 0 Å². The molecule has 0 unspecified atom stereocenters. The van der Waals surface area contributed by atoms with Crippen molar-refractivity contribution in [2.45, 2.75) is 33.7 Å². The summed E-state index contributed by atoms with van der Waals surface area (Å²) >= 11 is 4.85. The Balaban J connectivity index is 2.25. The molecule has 96 valence electrons. The smallest absolute Gasteiger partial charge is 0.195 e. The molecule has 0 saturated heterocycles. The van der Waals surface area contributed by atoms with Crippen LogP contribution in [0, 0.1) is 13.8 Å². The Morgan fingerprint density at radius 1 is 1.50 bits per heavy atom. The third-order valence-electron chi connectivity index (χ3n) is 3.05. The second-order valence-corrected chi connectivity index (χ2v) is 5.95. The fraction of sp³-hybridized carbons (Fsp3) is 0.385. The second-order valence-electron chi connectivity index (χ2n) is 4.18. The third-order valence-corrected chi connectivity index (χ3v) is 4.93. The van der Waals surface area contributed by atoms with Crippen molar-refractivity contribution in [1.29, 1.82) is 0 Å². The molecule has 0 fully saturated rings. The summed E-state index contributed by atoms with van der Waals surface area (Å²) in [4.78, 5) is 12.9. The van der Waals surface area contributed by atoms with Crippen LogP contribution in [0.15, 0.2) is 15.9 Å². The average Bonchev–Trinajstić information content (AvgIpc) is 2.84. The van der Waals surface area contributed by atoms with E-state index in [1.54, 1.807) is 0 Å². The van der Waals surface area contributed by atoms with Crippen LogP contribution in [-0.2, 0) is 13.0 Å². The van der Waals surface area contributed by atoms with Crippen molar-refractivity contribution in [1.82, 2.24) is 9.78 Å². The number of ketones is 1. The van der Waals surface area contributed by atoms with Crippen molar-refractivity contribution < 1.29 is 4.79 Å². The van der Waals surface area contributed by atoms with E-state index in [4.69, 9.17) is 0 Å². The van der Waals surface area contributed by atoms with Gasteiger partial charge in [0, 0.05) is 10.2 Å². The van der Waals surface area contributed by atoms with Crippen LogP contribution in [0.5, 0.6) is 0 Å². The van der Waals surface area contributed by atoms with Gasteiger partial charge in [0.25, 0.3) is 0 Å². The highest BCUT2D eigenvalue weighted by atomic mass is 79.9. The average molecular weight is 327 g/mol. The summed E-state index contributed by atoms with van der Waals surface area (Å²) < 4.78 is 2.68. The number of Topliss-reactive ketones (excluding diaryl/α,β-unsaturated/α-hetero) is 1. The van der Waals surface area contributed by atoms with Gasteiger partial charge in [0.1, 0.15) is 6.54 Å². The molecule has 0 aliphatic carbocycles. The van der Waals surface area contributed by atoms with Crippen molar-refractivity contribution in [2.75, 3.05) is 0 Å². The molecule has 2 aromatic rings. The van der Waals surface area contributed by atoms with Crippen molar-refractivity contribution in [2.24, 2.45) is 0 Å². The molecule has 0 aliphatic heterocycles. The van der Waals surface area contributed by atoms with Crippen LogP contribution in [0.1, 0.15) is 33.5 Å². The molecule has 0 spiro atoms. The van der Waals surface area contributed by atoms with Crippen LogP contribution in [0.2, 0.25) is 0 Å². The molecule has 5 heteroatoms. The second kappa shape index (κ2) is 5.36. The lowest BCUT2D eigenvalue weighted by Crippen LogP contribution is -2.12. The van der Waals surface area contributed by atoms with Crippen molar-refractivity contribution in [3.05, 3.63) is 37.7 Å². The van der Waals surface area contributed by atoms with Gasteiger partial charge in [-0.3, -0.25) is 9.48 Å². The van der Waals surface area contributed by atoms with Crippen molar-refractivity contribution in [3.63, 3.8) is 0 Å². The number of carbonyl (C=O) groups is 1. The van der Waals surface area contributed by atoms with E-state index in [2.05, 4.69) is 28.0 Å². The molecule has 3 nitrogen and oxygen atoms in total. The minimum atomic E-state index is 0.102. The van der Waals surface area contributed by atoms with E-state index in [0.717, 1.165) is 27.2 Å². The van der Waals surface area contributed by atoms with E-state index in [-0.39, 0.29) is 5.78 Å². The van der Waals surface area contributed by atoms with Gasteiger partial charge < -0.3 is 0 Å². The molecular weight excluding hydrogens is 312 g/mol. The van der Waals surface area contributed by atoms with Crippen LogP contribution < -0.4 is 0 Å². The predicted molar refractivity (Wildman–Crippen MR) is 77.4 cm³/mol. The van der Waals surface area contributed by atoms with E-state index in [1.165, 1.54) is 16.9 Å². The SMILES string of the molecule is CCc1c(C)nn(CC(=O)c2sccc2Br)c1C. The highest BCUT2D eigenvalue weighted by molar-refractivity contribution is 9.10. The lowest BCUT2D eigenvalue weighted by molar-refractivity contribution is 0.0970. The highest BCUT2D eigenvalue weighted by Crippen LogP contribution is 2.24. The summed E-state index contributed by atoms with van der Waals surface area (Å²) in [7, 11) is 0. The molecule has 0 atom stereocenters. The van der Waals surface area contributed by atoms with E-state index >= 15 is 0 Å². The number of halogens is 1. The number of hydrogen-bond acceptors (Lipinski definition) is 3. The number of nitrogens with zero attached hydrogens (tertiary/aromatic N) is 2. The minimum Gasteiger partial charge on any atom is -0.291 e. The number of rotatable bonds is 4. The molecule has 0 aromatic carbocycles. The van der Waals surface area contributed by atoms with Gasteiger partial charge in [-0.1, -0.05) is 6.92 Å². The van der Waals surface area contributed by atoms with Crippen molar-refractivity contribution in [3.8, 4) is 0 Å². The predicted octanol–water partition coefficient (Wildman–Crippen LogP) is 3.77. The van der Waals surface area contributed by atoms with E-state index in [0.29, 0.717) is 6.54 Å². The summed E-state index contributed by atoms with van der Waals surface area (Å²) in [5.41, 5.74) is 3.36. The molecule has 0 radical (unpaired) electrons. The Morgan fingerprint density at radius 3 is 2.72 bits per heavy atom. The third kappa shape index (κ3) is 2.42. The first-order chi connectivity index (χ1) is 8.54. The number of hydrogen-bond donors (Lipinski definition) is 0. The largest absolute Gasteiger partial charge is 0.291 e. The zero-order valence-corrected chi connectivity index (χ0v) is 13.1. The van der Waals surface area contributed by atoms with Crippen LogP contribution >= 0.6 is 27.3 Å². The van der Waals surface area contributed by atoms with Gasteiger partial charge in [-0.2, -0.15) is 5.10 Å². The molecular formula is C13H15BrN2OS. The van der Waals surface area contributed by atoms with Crippen LogP contribution in [-0.4, -0.2) is 15.6 Å². The number of aromatic nitrogens is 2. The van der Waals surface area contributed by atoms with Crippen molar-refractivity contribution >= 4 is 33.0 Å². The first-order valence-electron chi connectivity index (χ1n) is 5.83. The van der Waals surface area contributed by atoms with Gasteiger partial charge in [-0.05, 0) is 53.2 Å². The maximum absolute atomic E-state index is 12.2. The maximum Gasteiger partial charge on any atom is 0.195 e. The van der Waals surface area contributed by atoms with Gasteiger partial charge in [0.15, 0.2) is 5.78 Å². The van der Waals surface area contributed by atoms with E-state index in [9.17, 15) is 4.79 Å². The Labute approximate surface area is 119 Å². The van der Waals surface area contributed by atoms with Crippen LogP contribution in [0.3, 0.4) is 0 Å². The molecule has 0 saturated carbocycles. The summed E-state index contributed by atoms with van der Waals surface area (Å²) in [5, 5.41) is 6.36. The molecule has 0 bridgehead atoms. The van der Waals surface area contributed by atoms with Gasteiger partial charge in [-0.25, -0.2) is 0 Å². The van der Waals surface area contributed by atoms with E-state index in [1.807, 2.05) is 30.0 Å². The molecule has 0 aliphatic rings. The Kier molecular flexibility index (Phi) is 4.02. The zero-order valence-electron chi connectivity index (χ0n) is 10.7. The Bertz CT molecular complexity index is 586. The summed E-state index contributed by atoms with van der Waals surface area (Å²) in [6.07, 6.45) is 0.953. The number of aryl methyl sites for hydroxylation is 1. The lowest BCUT2D eigenvalue weighted by Gasteiger charge is -2.03. The molecule has 0 amide bonds. The molecule has 2 heterocycles. The normalized spacial score (nSPS) is 10.9. The quantitative estimate of drug-likeness (QED) is 0.801. The van der Waals surface area contributed by atoms with Gasteiger partial charge >= 0.3 is 0 Å². The number of thiophene rings is 1. The fourth-order valence-electron chi connectivity index (χ4n) is 2.10. The monoisotopic (exact) mass is 326 g/mol. The van der Waals surface area contributed by atoms with Gasteiger partial charge in [0.05, 0.1) is 10.6 Å². The Hall–Kier alpha value is -0.940. The van der Waals surface area contributed by atoms with Crippen LogP contribution in [0.4, 0.5) is 0 Å². The zero-order chi connectivity index (χ0) is 13.3. The first-order valence-corrected chi connectivity index (χ1v) is 7.51. The van der Waals surface area contributed by atoms with E-state index < -0.39 is 0 Å². The number of carbonyl (C=O) groups excluding carboxylic acids is 1. The summed E-state index contributed by atoms with van der Waals surface area (Å²) in [5.74, 6) is 0.102. The lowest BCUT2D eigenvalue weighted by atomic mass is 10.1. The molecule has 18 heavy (non-hydrogen) atoms. The highest BCUT2D eigenvalue weighted by Gasteiger charge is 2.16. The molecule has 2 rings (SSSR count). The van der Waals surface area contributed by atoms with Gasteiger partial charge in [0.2, 0.25) is 0 Å². The van der Waals surface area contributed by atoms with Gasteiger partial charge in [-0.15, -0.1) is 11.3 Å². The fourth-order valence-corrected chi connectivity index (χ4v) is 3.63. The Morgan fingerprint density at radius 2 is 2.22 bits per heavy atom. The topological polar surface area (TPSA) is 34.9 Å². The summed E-state index contributed by atoms with van der Waals surface area (Å²) in [6.45, 7) is 6.44. The first kappa shape index (κ1) is 13.5. The standard InChI is InChI=1S/C13H15BrN2OS/c1-4-10-8(2)15-16(9(10)3)7-12(17)13-11(14)5-6-18-13/h5-6H,4,7H2,1-3H3. The molecule has 2 aromatic heterocycles. The minimum absolute atomic E-state index is 0.102. The molecule has 0 N–H and O–H groups in total.